The number of aromatic nitrogens is 1. The van der Waals surface area contributed by atoms with E-state index in [9.17, 15) is 4.79 Å². The largest absolute Gasteiger partial charge is 0.361 e. The van der Waals surface area contributed by atoms with Crippen molar-refractivity contribution in [2.45, 2.75) is 40.0 Å². The molecular formula is C22H31N3O2. The van der Waals surface area contributed by atoms with Gasteiger partial charge in [0, 0.05) is 25.7 Å². The van der Waals surface area contributed by atoms with Crippen LogP contribution in [0.5, 0.6) is 0 Å². The van der Waals surface area contributed by atoms with Crippen LogP contribution >= 0.6 is 0 Å². The second-order valence-corrected chi connectivity index (χ2v) is 7.63. The van der Waals surface area contributed by atoms with Crippen molar-refractivity contribution in [1.29, 1.82) is 0 Å². The van der Waals surface area contributed by atoms with Crippen LogP contribution in [-0.2, 0) is 6.42 Å². The summed E-state index contributed by atoms with van der Waals surface area (Å²) in [5.74, 6) is 1.23. The minimum atomic E-state index is -0.0173. The summed E-state index contributed by atoms with van der Waals surface area (Å²) >= 11 is 0. The molecule has 0 unspecified atom stereocenters. The first-order valence-electron chi connectivity index (χ1n) is 10.1. The predicted octanol–water partition coefficient (Wildman–Crippen LogP) is 3.71. The lowest BCUT2D eigenvalue weighted by Gasteiger charge is -2.34. The molecule has 5 heteroatoms. The number of amides is 1. The number of aryl methyl sites for hydroxylation is 2. The molecular weight excluding hydrogens is 338 g/mol. The van der Waals surface area contributed by atoms with Gasteiger partial charge in [-0.3, -0.25) is 4.79 Å². The average Bonchev–Trinajstić information content (AvgIpc) is 3.12. The Morgan fingerprint density at radius 2 is 2.00 bits per heavy atom. The van der Waals surface area contributed by atoms with Crippen LogP contribution in [0, 0.1) is 19.8 Å². The number of piperidine rings is 1. The minimum absolute atomic E-state index is 0.0173. The zero-order valence-electron chi connectivity index (χ0n) is 16.8. The third-order valence-corrected chi connectivity index (χ3v) is 5.66. The Hall–Kier alpha value is -2.14. The molecule has 3 rings (SSSR count). The molecule has 1 fully saturated rings. The van der Waals surface area contributed by atoms with E-state index in [0.29, 0.717) is 23.9 Å². The SMILES string of the molecule is CCN(CC1CCN(CCc2ccccc2C)CC1)C(=O)c1cc(C)on1. The van der Waals surface area contributed by atoms with Gasteiger partial charge in [0.2, 0.25) is 0 Å². The van der Waals surface area contributed by atoms with E-state index in [-0.39, 0.29) is 5.91 Å². The Morgan fingerprint density at radius 1 is 1.26 bits per heavy atom. The van der Waals surface area contributed by atoms with Crippen LogP contribution in [0.1, 0.15) is 47.1 Å². The highest BCUT2D eigenvalue weighted by Crippen LogP contribution is 2.20. The van der Waals surface area contributed by atoms with E-state index in [1.807, 2.05) is 18.7 Å². The molecule has 0 atom stereocenters. The summed E-state index contributed by atoms with van der Waals surface area (Å²) in [7, 11) is 0. The van der Waals surface area contributed by atoms with Crippen LogP contribution < -0.4 is 0 Å². The molecule has 27 heavy (non-hydrogen) atoms. The van der Waals surface area contributed by atoms with Gasteiger partial charge in [0.15, 0.2) is 5.69 Å². The van der Waals surface area contributed by atoms with E-state index in [4.69, 9.17) is 4.52 Å². The van der Waals surface area contributed by atoms with Gasteiger partial charge in [-0.25, -0.2) is 0 Å². The number of rotatable bonds is 7. The molecule has 1 saturated heterocycles. The number of hydrogen-bond donors (Lipinski definition) is 0. The van der Waals surface area contributed by atoms with Crippen molar-refractivity contribution in [3.05, 3.63) is 52.9 Å². The topological polar surface area (TPSA) is 49.6 Å². The molecule has 1 amide bonds. The molecule has 0 aliphatic carbocycles. The fourth-order valence-corrected chi connectivity index (χ4v) is 3.86. The zero-order valence-corrected chi connectivity index (χ0v) is 16.8. The third-order valence-electron chi connectivity index (χ3n) is 5.66. The maximum absolute atomic E-state index is 12.6. The number of carbonyl (C=O) groups excluding carboxylic acids is 1. The molecule has 1 aromatic heterocycles. The van der Waals surface area contributed by atoms with Gasteiger partial charge in [-0.1, -0.05) is 29.4 Å². The molecule has 0 saturated carbocycles. The first kappa shape index (κ1) is 19.6. The smallest absolute Gasteiger partial charge is 0.276 e. The van der Waals surface area contributed by atoms with E-state index in [2.05, 4.69) is 41.2 Å². The van der Waals surface area contributed by atoms with Gasteiger partial charge in [0.25, 0.3) is 5.91 Å². The first-order valence-corrected chi connectivity index (χ1v) is 10.1. The molecule has 146 valence electrons. The van der Waals surface area contributed by atoms with Crippen LogP contribution in [0.25, 0.3) is 0 Å². The number of benzene rings is 1. The normalized spacial score (nSPS) is 15.8. The second-order valence-electron chi connectivity index (χ2n) is 7.63. The van der Waals surface area contributed by atoms with Crippen molar-refractivity contribution in [3.8, 4) is 0 Å². The van der Waals surface area contributed by atoms with E-state index >= 15 is 0 Å². The van der Waals surface area contributed by atoms with E-state index in [1.165, 1.54) is 11.1 Å². The van der Waals surface area contributed by atoms with Crippen molar-refractivity contribution in [1.82, 2.24) is 15.0 Å². The van der Waals surface area contributed by atoms with Gasteiger partial charge in [-0.15, -0.1) is 0 Å². The van der Waals surface area contributed by atoms with Crippen molar-refractivity contribution < 1.29 is 9.32 Å². The van der Waals surface area contributed by atoms with Crippen LogP contribution in [0.3, 0.4) is 0 Å². The van der Waals surface area contributed by atoms with Crippen molar-refractivity contribution in [2.24, 2.45) is 5.92 Å². The molecule has 0 spiro atoms. The van der Waals surface area contributed by atoms with Gasteiger partial charge in [0.05, 0.1) is 0 Å². The zero-order chi connectivity index (χ0) is 19.2. The maximum Gasteiger partial charge on any atom is 0.276 e. The Labute approximate surface area is 162 Å². The Bertz CT molecular complexity index is 748. The highest BCUT2D eigenvalue weighted by molar-refractivity contribution is 5.92. The number of hydrogen-bond acceptors (Lipinski definition) is 4. The van der Waals surface area contributed by atoms with E-state index in [0.717, 1.165) is 45.4 Å². The molecule has 0 N–H and O–H groups in total. The van der Waals surface area contributed by atoms with Crippen molar-refractivity contribution in [3.63, 3.8) is 0 Å². The highest BCUT2D eigenvalue weighted by atomic mass is 16.5. The van der Waals surface area contributed by atoms with Gasteiger partial charge in [-0.05, 0) is 70.2 Å². The standard InChI is InChI=1S/C22H31N3O2/c1-4-25(22(26)21-15-18(3)27-23-21)16-19-9-12-24(13-10-19)14-11-20-8-6-5-7-17(20)2/h5-8,15,19H,4,9-14,16H2,1-3H3. The molecule has 2 heterocycles. The van der Waals surface area contributed by atoms with Crippen LogP contribution in [0.15, 0.2) is 34.9 Å². The van der Waals surface area contributed by atoms with Gasteiger partial charge >= 0.3 is 0 Å². The lowest BCUT2D eigenvalue weighted by Crippen LogP contribution is -2.41. The van der Waals surface area contributed by atoms with Crippen LogP contribution in [0.4, 0.5) is 0 Å². The summed E-state index contributed by atoms with van der Waals surface area (Å²) in [4.78, 5) is 17.1. The monoisotopic (exact) mass is 369 g/mol. The summed E-state index contributed by atoms with van der Waals surface area (Å²) in [6.45, 7) is 10.9. The first-order chi connectivity index (χ1) is 13.1. The summed E-state index contributed by atoms with van der Waals surface area (Å²) in [6, 6.07) is 10.4. The van der Waals surface area contributed by atoms with Gasteiger partial charge in [-0.2, -0.15) is 0 Å². The fraction of sp³-hybridized carbons (Fsp3) is 0.545. The van der Waals surface area contributed by atoms with Crippen LogP contribution in [-0.4, -0.2) is 53.6 Å². The molecule has 1 aliphatic rings. The third kappa shape index (κ3) is 5.19. The predicted molar refractivity (Wildman–Crippen MR) is 107 cm³/mol. The molecule has 1 aliphatic heterocycles. The van der Waals surface area contributed by atoms with Crippen LogP contribution in [0.2, 0.25) is 0 Å². The number of carbonyl (C=O) groups is 1. The summed E-state index contributed by atoms with van der Waals surface area (Å²) in [6.07, 6.45) is 3.41. The fourth-order valence-electron chi connectivity index (χ4n) is 3.86. The molecule has 5 nitrogen and oxygen atoms in total. The number of nitrogens with zero attached hydrogens (tertiary/aromatic N) is 3. The Morgan fingerprint density at radius 3 is 2.63 bits per heavy atom. The van der Waals surface area contributed by atoms with Crippen molar-refractivity contribution >= 4 is 5.91 Å². The lowest BCUT2D eigenvalue weighted by atomic mass is 9.95. The molecule has 0 bridgehead atoms. The molecule has 2 aromatic rings. The van der Waals surface area contributed by atoms with Gasteiger partial charge in [0.1, 0.15) is 5.76 Å². The quantitative estimate of drug-likeness (QED) is 0.747. The highest BCUT2D eigenvalue weighted by Gasteiger charge is 2.25. The van der Waals surface area contributed by atoms with Crippen molar-refractivity contribution in [2.75, 3.05) is 32.7 Å². The Kier molecular flexibility index (Phi) is 6.67. The minimum Gasteiger partial charge on any atom is -0.361 e. The second kappa shape index (κ2) is 9.18. The molecule has 0 radical (unpaired) electrons. The molecule has 1 aromatic carbocycles. The van der Waals surface area contributed by atoms with Gasteiger partial charge < -0.3 is 14.3 Å². The number of likely N-dealkylation sites (tertiary alicyclic amines) is 1. The Balaban J connectivity index is 1.45. The van der Waals surface area contributed by atoms with E-state index < -0.39 is 0 Å². The lowest BCUT2D eigenvalue weighted by molar-refractivity contribution is 0.0691. The maximum atomic E-state index is 12.6. The summed E-state index contributed by atoms with van der Waals surface area (Å²) in [5, 5.41) is 3.88. The average molecular weight is 370 g/mol. The summed E-state index contributed by atoms with van der Waals surface area (Å²) in [5.41, 5.74) is 3.25. The van der Waals surface area contributed by atoms with E-state index in [1.54, 1.807) is 6.07 Å². The summed E-state index contributed by atoms with van der Waals surface area (Å²) < 4.78 is 5.05.